The molecule has 0 spiro atoms. The van der Waals surface area contributed by atoms with E-state index >= 15 is 0 Å². The maximum atomic E-state index is 6.45. The van der Waals surface area contributed by atoms with E-state index in [1.807, 2.05) is 25.1 Å². The monoisotopic (exact) mass is 452 g/mol. The number of halogens is 2. The summed E-state index contributed by atoms with van der Waals surface area (Å²) in [5.74, 6) is 0. The zero-order valence-corrected chi connectivity index (χ0v) is 15.2. The molecule has 1 aromatic heterocycles. The van der Waals surface area contributed by atoms with Crippen molar-refractivity contribution in [3.05, 3.63) is 73.4 Å². The number of hydrogen-bond donors (Lipinski definition) is 1. The topological polar surface area (TPSA) is 38.9 Å². The molecule has 0 saturated heterocycles. The molecule has 0 saturated carbocycles. The minimum atomic E-state index is -0.153. The first-order chi connectivity index (χ1) is 10.0. The van der Waals surface area contributed by atoms with Crippen LogP contribution in [0.2, 0.25) is 0 Å². The van der Waals surface area contributed by atoms with Gasteiger partial charge < -0.3 is 5.73 Å². The minimum absolute atomic E-state index is 0.153. The van der Waals surface area contributed by atoms with E-state index in [0.717, 1.165) is 32.2 Å². The Morgan fingerprint density at radius 2 is 1.90 bits per heavy atom. The molecule has 0 amide bonds. The predicted octanol–water partition coefficient (Wildman–Crippen LogP) is 4.96. The van der Waals surface area contributed by atoms with Crippen LogP contribution in [0.4, 0.5) is 0 Å². The lowest BCUT2D eigenvalue weighted by Gasteiger charge is -2.15. The second kappa shape index (κ2) is 6.02. The van der Waals surface area contributed by atoms with E-state index in [9.17, 15) is 0 Å². The largest absolute Gasteiger partial charge is 0.320 e. The number of aromatic nitrogens is 1. The van der Waals surface area contributed by atoms with Crippen molar-refractivity contribution in [2.45, 2.75) is 13.0 Å². The van der Waals surface area contributed by atoms with Crippen LogP contribution < -0.4 is 5.73 Å². The van der Waals surface area contributed by atoms with E-state index < -0.39 is 0 Å². The van der Waals surface area contributed by atoms with Crippen molar-refractivity contribution in [1.82, 2.24) is 4.98 Å². The van der Waals surface area contributed by atoms with Crippen LogP contribution in [-0.2, 0) is 0 Å². The van der Waals surface area contributed by atoms with Crippen LogP contribution in [0.5, 0.6) is 0 Å². The van der Waals surface area contributed by atoms with E-state index in [4.69, 9.17) is 5.73 Å². The molecule has 21 heavy (non-hydrogen) atoms. The number of hydrogen-bond acceptors (Lipinski definition) is 2. The number of nitrogens with two attached hydrogens (primary N) is 1. The van der Waals surface area contributed by atoms with Gasteiger partial charge in [0.05, 0.1) is 11.6 Å². The summed E-state index contributed by atoms with van der Waals surface area (Å²) < 4.78 is 2.22. The van der Waals surface area contributed by atoms with Gasteiger partial charge in [-0.15, -0.1) is 0 Å². The standard InChI is InChI=1S/C17H14BrIN2/c1-10-2-3-11-8-12(4-7-16(11)21-10)17(20)14-9-13(19)5-6-15(14)18/h2-9,17H,20H2,1H3. The summed E-state index contributed by atoms with van der Waals surface area (Å²) in [5, 5.41) is 1.12. The van der Waals surface area contributed by atoms with Crippen molar-refractivity contribution in [1.29, 1.82) is 0 Å². The SMILES string of the molecule is Cc1ccc2cc(C(N)c3cc(I)ccc3Br)ccc2n1. The van der Waals surface area contributed by atoms with Gasteiger partial charge in [0.15, 0.2) is 0 Å². The number of aryl methyl sites for hydroxylation is 1. The molecule has 1 unspecified atom stereocenters. The zero-order valence-electron chi connectivity index (χ0n) is 11.5. The highest BCUT2D eigenvalue weighted by molar-refractivity contribution is 14.1. The molecule has 0 aliphatic heterocycles. The maximum absolute atomic E-state index is 6.45. The summed E-state index contributed by atoms with van der Waals surface area (Å²) in [6.45, 7) is 2.00. The number of nitrogens with zero attached hydrogens (tertiary/aromatic N) is 1. The van der Waals surface area contributed by atoms with Crippen molar-refractivity contribution < 1.29 is 0 Å². The average Bonchev–Trinajstić information content (AvgIpc) is 2.48. The molecule has 0 fully saturated rings. The van der Waals surface area contributed by atoms with Crippen LogP contribution in [0.15, 0.2) is 53.0 Å². The van der Waals surface area contributed by atoms with E-state index in [1.165, 1.54) is 3.57 Å². The van der Waals surface area contributed by atoms with Gasteiger partial charge in [0.1, 0.15) is 0 Å². The maximum Gasteiger partial charge on any atom is 0.0705 e. The summed E-state index contributed by atoms with van der Waals surface area (Å²) in [7, 11) is 0. The second-order valence-corrected chi connectivity index (χ2v) is 7.15. The quantitative estimate of drug-likeness (QED) is 0.558. The molecule has 0 radical (unpaired) electrons. The molecule has 0 aliphatic carbocycles. The fourth-order valence-corrected chi connectivity index (χ4v) is 3.38. The van der Waals surface area contributed by atoms with Gasteiger partial charge in [-0.1, -0.05) is 28.1 Å². The van der Waals surface area contributed by atoms with Crippen LogP contribution in [0, 0.1) is 10.5 Å². The summed E-state index contributed by atoms with van der Waals surface area (Å²) >= 11 is 5.90. The molecule has 1 atom stereocenters. The van der Waals surface area contributed by atoms with E-state index in [1.54, 1.807) is 0 Å². The first-order valence-corrected chi connectivity index (χ1v) is 8.49. The van der Waals surface area contributed by atoms with E-state index in [2.05, 4.69) is 73.8 Å². The molecule has 3 aromatic rings. The molecule has 0 aliphatic rings. The number of fused-ring (bicyclic) bond motifs is 1. The van der Waals surface area contributed by atoms with Gasteiger partial charge in [0, 0.05) is 19.1 Å². The minimum Gasteiger partial charge on any atom is -0.320 e. The second-order valence-electron chi connectivity index (χ2n) is 5.05. The third-order valence-electron chi connectivity index (χ3n) is 3.50. The lowest BCUT2D eigenvalue weighted by molar-refractivity contribution is 0.866. The van der Waals surface area contributed by atoms with Crippen LogP contribution >= 0.6 is 38.5 Å². The van der Waals surface area contributed by atoms with Gasteiger partial charge in [0.25, 0.3) is 0 Å². The van der Waals surface area contributed by atoms with Gasteiger partial charge in [-0.3, -0.25) is 4.98 Å². The van der Waals surface area contributed by atoms with Gasteiger partial charge in [-0.25, -0.2) is 0 Å². The fourth-order valence-electron chi connectivity index (χ4n) is 2.37. The third-order valence-corrected chi connectivity index (χ3v) is 4.90. The normalized spacial score (nSPS) is 12.6. The highest BCUT2D eigenvalue weighted by Gasteiger charge is 2.13. The molecule has 1 heterocycles. The lowest BCUT2D eigenvalue weighted by Crippen LogP contribution is -2.12. The lowest BCUT2D eigenvalue weighted by atomic mass is 9.98. The summed E-state index contributed by atoms with van der Waals surface area (Å²) in [6.07, 6.45) is 0. The molecule has 4 heteroatoms. The highest BCUT2D eigenvalue weighted by atomic mass is 127. The summed E-state index contributed by atoms with van der Waals surface area (Å²) in [6, 6.07) is 16.4. The van der Waals surface area contributed by atoms with Crippen LogP contribution in [-0.4, -0.2) is 4.98 Å². The molecular formula is C17H14BrIN2. The van der Waals surface area contributed by atoms with Crippen molar-refractivity contribution in [2.75, 3.05) is 0 Å². The Balaban J connectivity index is 2.07. The number of benzene rings is 2. The molecule has 2 nitrogen and oxygen atoms in total. The Hall–Kier alpha value is -0.980. The summed E-state index contributed by atoms with van der Waals surface area (Å²) in [5.41, 5.74) is 10.7. The van der Waals surface area contributed by atoms with Gasteiger partial charge >= 0.3 is 0 Å². The molecule has 0 bridgehead atoms. The van der Waals surface area contributed by atoms with Crippen molar-refractivity contribution in [2.24, 2.45) is 5.73 Å². The number of pyridine rings is 1. The van der Waals surface area contributed by atoms with Gasteiger partial charge in [0.2, 0.25) is 0 Å². The zero-order chi connectivity index (χ0) is 15.0. The Bertz CT molecular complexity index is 817. The Morgan fingerprint density at radius 1 is 1.10 bits per heavy atom. The highest BCUT2D eigenvalue weighted by Crippen LogP contribution is 2.29. The van der Waals surface area contributed by atoms with Crippen LogP contribution in [0.3, 0.4) is 0 Å². The Kier molecular flexibility index (Phi) is 4.28. The summed E-state index contributed by atoms with van der Waals surface area (Å²) in [4.78, 5) is 4.53. The van der Waals surface area contributed by atoms with Gasteiger partial charge in [-0.05, 0) is 77.0 Å². The third kappa shape index (κ3) is 3.12. The van der Waals surface area contributed by atoms with E-state index in [-0.39, 0.29) is 6.04 Å². The van der Waals surface area contributed by atoms with Crippen molar-refractivity contribution in [3.8, 4) is 0 Å². The van der Waals surface area contributed by atoms with Gasteiger partial charge in [-0.2, -0.15) is 0 Å². The van der Waals surface area contributed by atoms with E-state index in [0.29, 0.717) is 0 Å². The first kappa shape index (κ1) is 14.9. The number of rotatable bonds is 2. The molecule has 106 valence electrons. The molecule has 2 aromatic carbocycles. The molecule has 2 N–H and O–H groups in total. The van der Waals surface area contributed by atoms with Crippen molar-refractivity contribution >= 4 is 49.4 Å². The Morgan fingerprint density at radius 3 is 2.71 bits per heavy atom. The van der Waals surface area contributed by atoms with Crippen LogP contribution in [0.1, 0.15) is 22.9 Å². The average molecular weight is 453 g/mol. The fraction of sp³-hybridized carbons (Fsp3) is 0.118. The molecule has 3 rings (SSSR count). The first-order valence-electron chi connectivity index (χ1n) is 6.62. The predicted molar refractivity (Wildman–Crippen MR) is 99.4 cm³/mol. The molecular weight excluding hydrogens is 439 g/mol. The Labute approximate surface area is 146 Å². The van der Waals surface area contributed by atoms with Crippen molar-refractivity contribution in [3.63, 3.8) is 0 Å². The van der Waals surface area contributed by atoms with Crippen LogP contribution in [0.25, 0.3) is 10.9 Å². The smallest absolute Gasteiger partial charge is 0.0705 e.